The molecule has 0 aliphatic rings. The van der Waals surface area contributed by atoms with Crippen molar-refractivity contribution >= 4 is 33.7 Å². The zero-order valence-electron chi connectivity index (χ0n) is 17.5. The summed E-state index contributed by atoms with van der Waals surface area (Å²) in [6, 6.07) is 21.7. The normalized spacial score (nSPS) is 13.4. The number of halogens is 1. The van der Waals surface area contributed by atoms with E-state index in [0.29, 0.717) is 16.7 Å². The summed E-state index contributed by atoms with van der Waals surface area (Å²) in [6.45, 7) is 0. The molecule has 0 fully saturated rings. The Morgan fingerprint density at radius 3 is 2.09 bits per heavy atom. The highest BCUT2D eigenvalue weighted by Crippen LogP contribution is 2.19. The minimum absolute atomic E-state index is 0.0274. The van der Waals surface area contributed by atoms with Gasteiger partial charge in [0.2, 0.25) is 0 Å². The highest BCUT2D eigenvalue weighted by Gasteiger charge is 2.32. The fraction of sp³-hybridized carbons (Fsp3) is 0.160. The standard InChI is InChI=1S/C25H23BrN2O5/c26-19-13-7-8-16(14-19)15-20(25(32)33)27-24(31)22(29)21(17-9-3-1-4-10-17)28-23(30)18-11-5-2-6-12-18/h1-14,20-22,29H,15H2,(H,27,31)(H,28,30)(H,32,33)/t20-,21-,22+/m0/s1. The topological polar surface area (TPSA) is 116 Å². The Labute approximate surface area is 199 Å². The fourth-order valence-electron chi connectivity index (χ4n) is 3.33. The summed E-state index contributed by atoms with van der Waals surface area (Å²) < 4.78 is 0.781. The van der Waals surface area contributed by atoms with Crippen molar-refractivity contribution in [2.24, 2.45) is 0 Å². The van der Waals surface area contributed by atoms with Crippen LogP contribution in [0, 0.1) is 0 Å². The van der Waals surface area contributed by atoms with Crippen molar-refractivity contribution in [1.82, 2.24) is 10.6 Å². The first-order chi connectivity index (χ1) is 15.8. The van der Waals surface area contributed by atoms with E-state index < -0.39 is 36.0 Å². The number of benzene rings is 3. The van der Waals surface area contributed by atoms with Gasteiger partial charge in [-0.3, -0.25) is 9.59 Å². The third-order valence-electron chi connectivity index (χ3n) is 5.01. The van der Waals surface area contributed by atoms with E-state index in [2.05, 4.69) is 26.6 Å². The van der Waals surface area contributed by atoms with E-state index in [-0.39, 0.29) is 6.42 Å². The lowest BCUT2D eigenvalue weighted by molar-refractivity contribution is -0.143. The largest absolute Gasteiger partial charge is 0.480 e. The molecule has 7 nitrogen and oxygen atoms in total. The molecule has 8 heteroatoms. The molecule has 0 unspecified atom stereocenters. The van der Waals surface area contributed by atoms with Gasteiger partial charge in [0.05, 0.1) is 6.04 Å². The van der Waals surface area contributed by atoms with E-state index in [1.807, 2.05) is 6.07 Å². The number of aliphatic hydroxyl groups is 1. The van der Waals surface area contributed by atoms with Gasteiger partial charge in [-0.2, -0.15) is 0 Å². The maximum atomic E-state index is 12.9. The summed E-state index contributed by atoms with van der Waals surface area (Å²) >= 11 is 3.34. The Kier molecular flexibility index (Phi) is 8.34. The number of carbonyl (C=O) groups is 3. The lowest BCUT2D eigenvalue weighted by Gasteiger charge is -2.25. The van der Waals surface area contributed by atoms with Gasteiger partial charge < -0.3 is 20.8 Å². The first kappa shape index (κ1) is 24.2. The summed E-state index contributed by atoms with van der Waals surface area (Å²) in [5, 5.41) is 25.5. The van der Waals surface area contributed by atoms with Gasteiger partial charge in [-0.1, -0.05) is 76.6 Å². The van der Waals surface area contributed by atoms with Crippen LogP contribution in [0.1, 0.15) is 27.5 Å². The number of aliphatic hydroxyl groups excluding tert-OH is 1. The molecule has 33 heavy (non-hydrogen) atoms. The van der Waals surface area contributed by atoms with E-state index in [0.717, 1.165) is 4.47 Å². The number of carboxylic acids is 1. The summed E-state index contributed by atoms with van der Waals surface area (Å²) in [6.07, 6.45) is -1.69. The van der Waals surface area contributed by atoms with Gasteiger partial charge in [-0.05, 0) is 35.4 Å². The molecule has 3 rings (SSSR count). The summed E-state index contributed by atoms with van der Waals surface area (Å²) in [4.78, 5) is 37.3. The Morgan fingerprint density at radius 2 is 1.48 bits per heavy atom. The van der Waals surface area contributed by atoms with Gasteiger partial charge in [0.15, 0.2) is 6.10 Å². The lowest BCUT2D eigenvalue weighted by atomic mass is 9.99. The summed E-state index contributed by atoms with van der Waals surface area (Å²) in [5.74, 6) is -2.61. The van der Waals surface area contributed by atoms with Gasteiger partial charge in [0.25, 0.3) is 11.8 Å². The molecule has 0 aliphatic carbocycles. The maximum Gasteiger partial charge on any atom is 0.326 e. The van der Waals surface area contributed by atoms with Gasteiger partial charge in [0, 0.05) is 16.5 Å². The van der Waals surface area contributed by atoms with Gasteiger partial charge in [0.1, 0.15) is 6.04 Å². The Hall–Kier alpha value is -3.49. The molecule has 0 aromatic heterocycles. The van der Waals surface area contributed by atoms with Crippen LogP contribution in [0.4, 0.5) is 0 Å². The monoisotopic (exact) mass is 510 g/mol. The van der Waals surface area contributed by atoms with Crippen molar-refractivity contribution in [3.8, 4) is 0 Å². The number of amides is 2. The quantitative estimate of drug-likeness (QED) is 0.353. The third-order valence-corrected chi connectivity index (χ3v) is 5.50. The van der Waals surface area contributed by atoms with Gasteiger partial charge in [-0.15, -0.1) is 0 Å². The van der Waals surface area contributed by atoms with Crippen LogP contribution >= 0.6 is 15.9 Å². The number of carbonyl (C=O) groups excluding carboxylic acids is 2. The van der Waals surface area contributed by atoms with Crippen LogP contribution < -0.4 is 10.6 Å². The predicted octanol–water partition coefficient (Wildman–Crippen LogP) is 3.09. The summed E-state index contributed by atoms with van der Waals surface area (Å²) in [5.41, 5.74) is 1.57. The minimum Gasteiger partial charge on any atom is -0.480 e. The average molecular weight is 511 g/mol. The molecule has 2 amide bonds. The van der Waals surface area contributed by atoms with Crippen LogP contribution in [-0.2, 0) is 16.0 Å². The number of carboxylic acid groups (broad SMARTS) is 1. The van der Waals surface area contributed by atoms with E-state index in [4.69, 9.17) is 0 Å². The molecule has 3 aromatic carbocycles. The molecule has 0 spiro atoms. The molecule has 170 valence electrons. The van der Waals surface area contributed by atoms with Crippen LogP contribution in [0.5, 0.6) is 0 Å². The molecular formula is C25H23BrN2O5. The van der Waals surface area contributed by atoms with Gasteiger partial charge in [-0.25, -0.2) is 4.79 Å². The second-order valence-electron chi connectivity index (χ2n) is 7.41. The van der Waals surface area contributed by atoms with Crippen LogP contribution in [0.15, 0.2) is 89.4 Å². The van der Waals surface area contributed by atoms with E-state index in [1.165, 1.54) is 0 Å². The van der Waals surface area contributed by atoms with Gasteiger partial charge >= 0.3 is 5.97 Å². The SMILES string of the molecule is O=C(N[C@@H](c1ccccc1)[C@@H](O)C(=O)N[C@@H](Cc1cccc(Br)c1)C(=O)O)c1ccccc1. The molecule has 3 atom stereocenters. The molecular weight excluding hydrogens is 488 g/mol. The zero-order valence-corrected chi connectivity index (χ0v) is 19.1. The highest BCUT2D eigenvalue weighted by atomic mass is 79.9. The smallest absolute Gasteiger partial charge is 0.326 e. The summed E-state index contributed by atoms with van der Waals surface area (Å²) in [7, 11) is 0. The van der Waals surface area contributed by atoms with Crippen molar-refractivity contribution in [1.29, 1.82) is 0 Å². The maximum absolute atomic E-state index is 12.9. The van der Waals surface area contributed by atoms with Crippen molar-refractivity contribution in [2.45, 2.75) is 24.6 Å². The van der Waals surface area contributed by atoms with Crippen molar-refractivity contribution < 1.29 is 24.6 Å². The molecule has 0 radical (unpaired) electrons. The zero-order chi connectivity index (χ0) is 23.8. The Morgan fingerprint density at radius 1 is 0.848 bits per heavy atom. The Balaban J connectivity index is 1.79. The molecule has 0 aliphatic heterocycles. The molecule has 3 aromatic rings. The van der Waals surface area contributed by atoms with E-state index >= 15 is 0 Å². The molecule has 4 N–H and O–H groups in total. The fourth-order valence-corrected chi connectivity index (χ4v) is 3.77. The number of rotatable bonds is 9. The molecule has 0 saturated heterocycles. The number of hydrogen-bond acceptors (Lipinski definition) is 4. The average Bonchev–Trinajstić information content (AvgIpc) is 2.82. The van der Waals surface area contributed by atoms with E-state index in [1.54, 1.807) is 78.9 Å². The number of aliphatic carboxylic acids is 1. The minimum atomic E-state index is -1.72. The lowest BCUT2D eigenvalue weighted by Crippen LogP contribution is -2.50. The Bertz CT molecular complexity index is 1110. The molecule has 0 heterocycles. The third kappa shape index (κ3) is 6.74. The first-order valence-electron chi connectivity index (χ1n) is 10.2. The molecule has 0 saturated carbocycles. The predicted molar refractivity (Wildman–Crippen MR) is 127 cm³/mol. The number of nitrogens with one attached hydrogen (secondary N) is 2. The van der Waals surface area contributed by atoms with Crippen LogP contribution in [0.25, 0.3) is 0 Å². The first-order valence-corrected chi connectivity index (χ1v) is 11.0. The molecule has 0 bridgehead atoms. The van der Waals surface area contributed by atoms with Crippen molar-refractivity contribution in [3.05, 3.63) is 106 Å². The van der Waals surface area contributed by atoms with Crippen LogP contribution in [0.3, 0.4) is 0 Å². The second kappa shape index (κ2) is 11.4. The van der Waals surface area contributed by atoms with Crippen molar-refractivity contribution in [3.63, 3.8) is 0 Å². The van der Waals surface area contributed by atoms with Crippen molar-refractivity contribution in [2.75, 3.05) is 0 Å². The number of hydrogen-bond donors (Lipinski definition) is 4. The van der Waals surface area contributed by atoms with Crippen LogP contribution in [0.2, 0.25) is 0 Å². The second-order valence-corrected chi connectivity index (χ2v) is 8.32. The van der Waals surface area contributed by atoms with E-state index in [9.17, 15) is 24.6 Å². The van der Waals surface area contributed by atoms with Crippen LogP contribution in [-0.4, -0.2) is 40.1 Å². The highest BCUT2D eigenvalue weighted by molar-refractivity contribution is 9.10.